The summed E-state index contributed by atoms with van der Waals surface area (Å²) >= 11 is 0. The van der Waals surface area contributed by atoms with Gasteiger partial charge in [-0.15, -0.1) is 5.10 Å². The van der Waals surface area contributed by atoms with E-state index >= 15 is 0 Å². The van der Waals surface area contributed by atoms with Crippen LogP contribution < -0.4 is 5.32 Å². The molecule has 1 fully saturated rings. The molecule has 116 valence electrons. The van der Waals surface area contributed by atoms with Crippen LogP contribution in [-0.4, -0.2) is 43.8 Å². The predicted molar refractivity (Wildman–Crippen MR) is 72.6 cm³/mol. The zero-order valence-corrected chi connectivity index (χ0v) is 12.3. The molecule has 1 aliphatic rings. The van der Waals surface area contributed by atoms with Crippen LogP contribution in [0.2, 0.25) is 0 Å². The molecular formula is C13H20N4O4. The van der Waals surface area contributed by atoms with Crippen molar-refractivity contribution in [3.05, 3.63) is 12.4 Å². The van der Waals surface area contributed by atoms with Crippen molar-refractivity contribution in [2.45, 2.75) is 51.3 Å². The second kappa shape index (κ2) is 5.71. The predicted octanol–water partition coefficient (Wildman–Crippen LogP) is 1.21. The van der Waals surface area contributed by atoms with Gasteiger partial charge in [-0.1, -0.05) is 5.21 Å². The minimum atomic E-state index is -1.12. The van der Waals surface area contributed by atoms with Crippen LogP contribution in [0.15, 0.2) is 12.4 Å². The quantitative estimate of drug-likeness (QED) is 0.812. The normalized spacial score (nSPS) is 25.6. The summed E-state index contributed by atoms with van der Waals surface area (Å²) in [7, 11) is 0. The molecule has 1 saturated carbocycles. The topological polar surface area (TPSA) is 106 Å². The number of hydrogen-bond acceptors (Lipinski definition) is 5. The van der Waals surface area contributed by atoms with Gasteiger partial charge in [0.05, 0.1) is 24.2 Å². The number of aromatic nitrogens is 3. The van der Waals surface area contributed by atoms with Crippen LogP contribution in [0.3, 0.4) is 0 Å². The second-order valence-electron chi connectivity index (χ2n) is 6.21. The van der Waals surface area contributed by atoms with Gasteiger partial charge in [-0.3, -0.25) is 4.79 Å². The number of carboxylic acid groups (broad SMARTS) is 1. The van der Waals surface area contributed by atoms with E-state index in [2.05, 4.69) is 15.6 Å². The van der Waals surface area contributed by atoms with E-state index < -0.39 is 11.7 Å². The Kier molecular flexibility index (Phi) is 4.15. The van der Waals surface area contributed by atoms with Crippen LogP contribution in [0.5, 0.6) is 0 Å². The third-order valence-electron chi connectivity index (χ3n) is 3.36. The molecule has 0 aromatic carbocycles. The van der Waals surface area contributed by atoms with Gasteiger partial charge >= 0.3 is 12.1 Å². The summed E-state index contributed by atoms with van der Waals surface area (Å²) in [5.74, 6) is -0.655. The van der Waals surface area contributed by atoms with Crippen LogP contribution in [-0.2, 0) is 9.53 Å². The van der Waals surface area contributed by atoms with Crippen LogP contribution >= 0.6 is 0 Å². The van der Waals surface area contributed by atoms with E-state index in [1.165, 1.54) is 6.20 Å². The lowest BCUT2D eigenvalue weighted by atomic mass is 10.1. The first-order chi connectivity index (χ1) is 9.76. The molecule has 2 N–H and O–H groups in total. The van der Waals surface area contributed by atoms with Gasteiger partial charge in [0.25, 0.3) is 0 Å². The van der Waals surface area contributed by atoms with Crippen molar-refractivity contribution in [3.8, 4) is 0 Å². The second-order valence-corrected chi connectivity index (χ2v) is 6.21. The Bertz CT molecular complexity index is 509. The van der Waals surface area contributed by atoms with Crippen molar-refractivity contribution in [2.75, 3.05) is 0 Å². The molecule has 8 nitrogen and oxygen atoms in total. The van der Waals surface area contributed by atoms with Gasteiger partial charge < -0.3 is 15.2 Å². The Hall–Kier alpha value is -2.12. The number of nitrogens with zero attached hydrogens (tertiary/aromatic N) is 3. The first-order valence-corrected chi connectivity index (χ1v) is 6.84. The summed E-state index contributed by atoms with van der Waals surface area (Å²) in [6.07, 6.45) is 2.95. The van der Waals surface area contributed by atoms with Gasteiger partial charge in [-0.2, -0.15) is 0 Å². The molecule has 1 unspecified atom stereocenters. The number of nitrogens with one attached hydrogen (secondary N) is 1. The highest BCUT2D eigenvalue weighted by molar-refractivity contribution is 5.74. The maximum atomic E-state index is 12.2. The molecule has 0 saturated heterocycles. The van der Waals surface area contributed by atoms with E-state index in [1.807, 2.05) is 20.8 Å². The minimum absolute atomic E-state index is 0.235. The van der Waals surface area contributed by atoms with Gasteiger partial charge in [0.15, 0.2) is 0 Å². The SMILES string of the molecule is CC(C)(C)OC(=O)C1C[C@@H](NC(=O)O)[C@@H](n2ccnn2)C1. The number of amides is 1. The Morgan fingerprint density at radius 2 is 2.10 bits per heavy atom. The number of esters is 1. The average Bonchev–Trinajstić information content (AvgIpc) is 2.93. The molecule has 2 rings (SSSR count). The lowest BCUT2D eigenvalue weighted by Gasteiger charge is -2.22. The standard InChI is InChI=1S/C13H20N4O4/c1-13(2,3)21-11(18)8-6-9(15-12(19)20)10(7-8)17-5-4-14-16-17/h4-5,8-10,15H,6-7H2,1-3H3,(H,19,20)/t8?,9-,10+/m1/s1. The largest absolute Gasteiger partial charge is 0.465 e. The molecule has 1 aromatic rings. The highest BCUT2D eigenvalue weighted by Crippen LogP contribution is 2.36. The molecule has 0 spiro atoms. The van der Waals surface area contributed by atoms with Crippen LogP contribution in [0.4, 0.5) is 4.79 Å². The highest BCUT2D eigenvalue weighted by atomic mass is 16.6. The summed E-state index contributed by atoms with van der Waals surface area (Å²) in [6, 6.07) is -0.622. The van der Waals surface area contributed by atoms with Crippen molar-refractivity contribution >= 4 is 12.1 Å². The highest BCUT2D eigenvalue weighted by Gasteiger charge is 2.41. The Morgan fingerprint density at radius 1 is 1.38 bits per heavy atom. The smallest absolute Gasteiger partial charge is 0.404 e. The van der Waals surface area contributed by atoms with E-state index in [4.69, 9.17) is 9.84 Å². The first-order valence-electron chi connectivity index (χ1n) is 6.84. The fraction of sp³-hybridized carbons (Fsp3) is 0.692. The van der Waals surface area contributed by atoms with E-state index in [0.29, 0.717) is 12.8 Å². The van der Waals surface area contributed by atoms with Crippen LogP contribution in [0.25, 0.3) is 0 Å². The minimum Gasteiger partial charge on any atom is -0.465 e. The van der Waals surface area contributed by atoms with E-state index in [1.54, 1.807) is 10.9 Å². The number of carbonyl (C=O) groups excluding carboxylic acids is 1. The third-order valence-corrected chi connectivity index (χ3v) is 3.36. The van der Waals surface area contributed by atoms with Gasteiger partial charge in [-0.05, 0) is 33.6 Å². The molecule has 1 aromatic heterocycles. The van der Waals surface area contributed by atoms with Gasteiger partial charge in [0, 0.05) is 6.20 Å². The molecular weight excluding hydrogens is 276 g/mol. The number of hydrogen-bond donors (Lipinski definition) is 2. The number of rotatable bonds is 3. The first kappa shape index (κ1) is 15.3. The summed E-state index contributed by atoms with van der Waals surface area (Å²) in [5.41, 5.74) is -0.557. The summed E-state index contributed by atoms with van der Waals surface area (Å²) in [6.45, 7) is 5.42. The van der Waals surface area contributed by atoms with E-state index in [9.17, 15) is 9.59 Å². The lowest BCUT2D eigenvalue weighted by molar-refractivity contribution is -0.159. The molecule has 0 bridgehead atoms. The lowest BCUT2D eigenvalue weighted by Crippen LogP contribution is -2.37. The zero-order valence-electron chi connectivity index (χ0n) is 12.3. The fourth-order valence-electron chi connectivity index (χ4n) is 2.59. The molecule has 1 amide bonds. The zero-order chi connectivity index (χ0) is 15.6. The van der Waals surface area contributed by atoms with Crippen molar-refractivity contribution in [2.24, 2.45) is 5.92 Å². The van der Waals surface area contributed by atoms with Crippen molar-refractivity contribution in [3.63, 3.8) is 0 Å². The third kappa shape index (κ3) is 3.93. The molecule has 8 heteroatoms. The summed E-state index contributed by atoms with van der Waals surface area (Å²) in [5, 5.41) is 19.0. The maximum absolute atomic E-state index is 12.2. The molecule has 1 heterocycles. The van der Waals surface area contributed by atoms with Crippen molar-refractivity contribution in [1.82, 2.24) is 20.3 Å². The Morgan fingerprint density at radius 3 is 2.62 bits per heavy atom. The number of ether oxygens (including phenoxy) is 1. The summed E-state index contributed by atoms with van der Waals surface area (Å²) < 4.78 is 6.97. The van der Waals surface area contributed by atoms with Crippen LogP contribution in [0, 0.1) is 5.92 Å². The average molecular weight is 296 g/mol. The molecule has 3 atom stereocenters. The van der Waals surface area contributed by atoms with Gasteiger partial charge in [0.1, 0.15) is 5.60 Å². The van der Waals surface area contributed by atoms with Crippen molar-refractivity contribution in [1.29, 1.82) is 0 Å². The van der Waals surface area contributed by atoms with Crippen molar-refractivity contribution < 1.29 is 19.4 Å². The molecule has 21 heavy (non-hydrogen) atoms. The Balaban J connectivity index is 2.10. The monoisotopic (exact) mass is 296 g/mol. The van der Waals surface area contributed by atoms with Gasteiger partial charge in [-0.25, -0.2) is 9.48 Å². The van der Waals surface area contributed by atoms with E-state index in [-0.39, 0.29) is 24.0 Å². The van der Waals surface area contributed by atoms with Gasteiger partial charge in [0.2, 0.25) is 0 Å². The number of carbonyl (C=O) groups is 2. The maximum Gasteiger partial charge on any atom is 0.404 e. The summed E-state index contributed by atoms with van der Waals surface area (Å²) in [4.78, 5) is 23.1. The fourth-order valence-corrected chi connectivity index (χ4v) is 2.59. The molecule has 0 radical (unpaired) electrons. The van der Waals surface area contributed by atoms with Crippen LogP contribution in [0.1, 0.15) is 39.7 Å². The molecule has 0 aliphatic heterocycles. The Labute approximate surface area is 122 Å². The molecule has 1 aliphatic carbocycles. The van der Waals surface area contributed by atoms with E-state index in [0.717, 1.165) is 0 Å².